The summed E-state index contributed by atoms with van der Waals surface area (Å²) in [5, 5.41) is 10.7. The molecule has 8 nitrogen and oxygen atoms in total. The van der Waals surface area contributed by atoms with Crippen molar-refractivity contribution in [2.24, 2.45) is 10.3 Å². The molecule has 0 bridgehead atoms. The van der Waals surface area contributed by atoms with Gasteiger partial charge in [0.25, 0.3) is 0 Å². The van der Waals surface area contributed by atoms with Gasteiger partial charge < -0.3 is 13.9 Å². The predicted octanol–water partition coefficient (Wildman–Crippen LogP) is 2.54. The van der Waals surface area contributed by atoms with Gasteiger partial charge in [-0.1, -0.05) is 17.4 Å². The first-order valence-electron chi connectivity index (χ1n) is 8.93. The highest BCUT2D eigenvalue weighted by atomic mass is 16.5. The second kappa shape index (κ2) is 7.50. The first-order valence-corrected chi connectivity index (χ1v) is 8.93. The number of nitrogens with zero attached hydrogens (tertiary/aromatic N) is 4. The molecule has 142 valence electrons. The van der Waals surface area contributed by atoms with Crippen LogP contribution in [0.4, 0.5) is 5.69 Å². The summed E-state index contributed by atoms with van der Waals surface area (Å²) in [6.07, 6.45) is -0.136. The molecule has 1 aromatic carbocycles. The van der Waals surface area contributed by atoms with Crippen LogP contribution in [0.15, 0.2) is 55.9 Å². The van der Waals surface area contributed by atoms with E-state index in [9.17, 15) is 4.79 Å². The molecule has 3 heterocycles. The van der Waals surface area contributed by atoms with Crippen LogP contribution in [-0.4, -0.2) is 44.5 Å². The van der Waals surface area contributed by atoms with Crippen molar-refractivity contribution in [2.75, 3.05) is 38.4 Å². The Morgan fingerprint density at radius 3 is 2.56 bits per heavy atom. The van der Waals surface area contributed by atoms with Gasteiger partial charge in [0.05, 0.1) is 26.0 Å². The Bertz CT molecular complexity index is 874. The number of benzene rings is 1. The predicted molar refractivity (Wildman–Crippen MR) is 99.0 cm³/mol. The van der Waals surface area contributed by atoms with Gasteiger partial charge in [0, 0.05) is 25.2 Å². The van der Waals surface area contributed by atoms with Crippen molar-refractivity contribution in [1.29, 1.82) is 0 Å². The third kappa shape index (κ3) is 3.58. The maximum Gasteiger partial charge on any atom is 0.337 e. The largest absolute Gasteiger partial charge is 0.497 e. The van der Waals surface area contributed by atoms with Crippen LogP contribution < -0.4 is 15.4 Å². The first-order chi connectivity index (χ1) is 13.2. The lowest BCUT2D eigenvalue weighted by Gasteiger charge is -2.38. The Morgan fingerprint density at radius 1 is 1.15 bits per heavy atom. The third-order valence-electron chi connectivity index (χ3n) is 4.83. The van der Waals surface area contributed by atoms with Crippen molar-refractivity contribution < 1.29 is 13.9 Å². The van der Waals surface area contributed by atoms with E-state index in [0.29, 0.717) is 24.7 Å². The molecule has 4 rings (SSSR count). The highest BCUT2D eigenvalue weighted by molar-refractivity contribution is 5.47. The van der Waals surface area contributed by atoms with Gasteiger partial charge in [-0.25, -0.2) is 9.80 Å². The lowest BCUT2D eigenvalue weighted by atomic mass is 10.0. The van der Waals surface area contributed by atoms with Crippen LogP contribution in [0.5, 0.6) is 5.75 Å². The van der Waals surface area contributed by atoms with Crippen molar-refractivity contribution in [1.82, 2.24) is 4.90 Å². The minimum absolute atomic E-state index is 0.136. The second-order valence-corrected chi connectivity index (χ2v) is 6.57. The summed E-state index contributed by atoms with van der Waals surface area (Å²) in [6, 6.07) is 10.9. The van der Waals surface area contributed by atoms with Crippen LogP contribution in [0.25, 0.3) is 0 Å². The number of anilines is 1. The highest BCUT2D eigenvalue weighted by Crippen LogP contribution is 2.37. The molecule has 0 amide bonds. The average molecular weight is 370 g/mol. The van der Waals surface area contributed by atoms with Crippen molar-refractivity contribution in [3.05, 3.63) is 58.1 Å². The number of ether oxygens (including phenoxy) is 2. The lowest BCUT2D eigenvalue weighted by Crippen LogP contribution is -2.51. The summed E-state index contributed by atoms with van der Waals surface area (Å²) in [4.78, 5) is 14.2. The van der Waals surface area contributed by atoms with Crippen molar-refractivity contribution >= 4 is 5.69 Å². The molecule has 0 radical (unpaired) electrons. The fourth-order valence-corrected chi connectivity index (χ4v) is 3.52. The van der Waals surface area contributed by atoms with E-state index in [2.05, 4.69) is 15.2 Å². The molecule has 2 atom stereocenters. The molecule has 27 heavy (non-hydrogen) atoms. The maximum atomic E-state index is 11.9. The van der Waals surface area contributed by atoms with Crippen LogP contribution in [0, 0.1) is 6.92 Å². The highest BCUT2D eigenvalue weighted by Gasteiger charge is 2.40. The molecular formula is C19H22N4O4. The van der Waals surface area contributed by atoms with Gasteiger partial charge in [-0.05, 0) is 24.6 Å². The fourth-order valence-electron chi connectivity index (χ4n) is 3.52. The monoisotopic (exact) mass is 370 g/mol. The Balaban J connectivity index is 1.70. The van der Waals surface area contributed by atoms with Gasteiger partial charge in [-0.3, -0.25) is 4.90 Å². The van der Waals surface area contributed by atoms with Crippen LogP contribution >= 0.6 is 0 Å². The molecule has 0 saturated carbocycles. The summed E-state index contributed by atoms with van der Waals surface area (Å²) in [5.74, 6) is 1.34. The second-order valence-electron chi connectivity index (χ2n) is 6.57. The van der Waals surface area contributed by atoms with Gasteiger partial charge in [0.15, 0.2) is 0 Å². The summed E-state index contributed by atoms with van der Waals surface area (Å²) in [5.41, 5.74) is 1.33. The van der Waals surface area contributed by atoms with Crippen LogP contribution in [0.2, 0.25) is 0 Å². The molecular weight excluding hydrogens is 348 g/mol. The Morgan fingerprint density at radius 2 is 1.89 bits per heavy atom. The molecule has 2 aliphatic rings. The fraction of sp³-hybridized carbons (Fsp3) is 0.421. The molecule has 0 spiro atoms. The van der Waals surface area contributed by atoms with Crippen molar-refractivity contribution in [3.8, 4) is 5.75 Å². The SMILES string of the molecule is COc1ccc([C@@H]2N=NN(c3cc(C)oc(=O)c3)[C@H]2N2CCOCC2)cc1. The molecule has 0 N–H and O–H groups in total. The average Bonchev–Trinajstić information content (AvgIpc) is 3.13. The van der Waals surface area contributed by atoms with E-state index < -0.39 is 5.63 Å². The van der Waals surface area contributed by atoms with E-state index in [4.69, 9.17) is 13.9 Å². The number of rotatable bonds is 4. The van der Waals surface area contributed by atoms with Gasteiger partial charge in [-0.15, -0.1) is 0 Å². The standard InChI is InChI=1S/C19H22N4O4/c1-13-11-15(12-17(24)27-13)23-19(22-7-9-26-10-8-22)18(20-21-23)14-3-5-16(25-2)6-4-14/h3-6,11-12,18-19H,7-10H2,1-2H3/t18-,19+/m0/s1. The summed E-state index contributed by atoms with van der Waals surface area (Å²) >= 11 is 0. The van der Waals surface area contributed by atoms with Crippen molar-refractivity contribution in [3.63, 3.8) is 0 Å². The topological polar surface area (TPSA) is 79.9 Å². The quantitative estimate of drug-likeness (QED) is 0.823. The Kier molecular flexibility index (Phi) is 4.91. The summed E-state index contributed by atoms with van der Waals surface area (Å²) in [7, 11) is 1.64. The van der Waals surface area contributed by atoms with Crippen LogP contribution in [0.1, 0.15) is 17.4 Å². The molecule has 1 aromatic heterocycles. The number of hydrogen-bond acceptors (Lipinski definition) is 8. The smallest absolute Gasteiger partial charge is 0.337 e. The zero-order valence-electron chi connectivity index (χ0n) is 15.4. The first kappa shape index (κ1) is 17.7. The summed E-state index contributed by atoms with van der Waals surface area (Å²) in [6.45, 7) is 4.63. The molecule has 0 unspecified atom stereocenters. The van der Waals surface area contributed by atoms with Crippen molar-refractivity contribution in [2.45, 2.75) is 19.1 Å². The summed E-state index contributed by atoms with van der Waals surface area (Å²) < 4.78 is 15.9. The van der Waals surface area contributed by atoms with Gasteiger partial charge in [0.1, 0.15) is 23.7 Å². The lowest BCUT2D eigenvalue weighted by molar-refractivity contribution is 0.0140. The zero-order chi connectivity index (χ0) is 18.8. The normalized spacial score (nSPS) is 23.0. The van der Waals surface area contributed by atoms with Crippen LogP contribution in [-0.2, 0) is 4.74 Å². The minimum Gasteiger partial charge on any atom is -0.497 e. The van der Waals surface area contributed by atoms with E-state index in [0.717, 1.165) is 24.4 Å². The molecule has 0 aliphatic carbocycles. The maximum absolute atomic E-state index is 11.9. The molecule has 1 saturated heterocycles. The van der Waals surface area contributed by atoms with Gasteiger partial charge in [0.2, 0.25) is 0 Å². The molecule has 1 fully saturated rings. The molecule has 2 aliphatic heterocycles. The number of hydrogen-bond donors (Lipinski definition) is 0. The number of morpholine rings is 1. The zero-order valence-corrected chi connectivity index (χ0v) is 15.4. The number of methoxy groups -OCH3 is 1. The Labute approximate surface area is 157 Å². The van der Waals surface area contributed by atoms with Crippen LogP contribution in [0.3, 0.4) is 0 Å². The minimum atomic E-state index is -0.395. The van der Waals surface area contributed by atoms with E-state index >= 15 is 0 Å². The van der Waals surface area contributed by atoms with E-state index in [1.165, 1.54) is 6.07 Å². The number of aryl methyl sites for hydroxylation is 1. The third-order valence-corrected chi connectivity index (χ3v) is 4.83. The van der Waals surface area contributed by atoms with Gasteiger partial charge in [-0.2, -0.15) is 5.11 Å². The van der Waals surface area contributed by atoms with E-state index in [-0.39, 0.29) is 12.2 Å². The van der Waals surface area contributed by atoms with Gasteiger partial charge >= 0.3 is 5.63 Å². The molecule has 8 heteroatoms. The van der Waals surface area contributed by atoms with E-state index in [1.54, 1.807) is 14.0 Å². The molecule has 2 aromatic rings. The Hall–Kier alpha value is -2.71. The van der Waals surface area contributed by atoms with E-state index in [1.807, 2.05) is 35.3 Å².